The topological polar surface area (TPSA) is 144 Å². The van der Waals surface area contributed by atoms with Gasteiger partial charge in [0, 0.05) is 0 Å². The van der Waals surface area contributed by atoms with Crippen LogP contribution in [-0.4, -0.2) is 48.9 Å². The van der Waals surface area contributed by atoms with Gasteiger partial charge in [0.15, 0.2) is 10.1 Å². The molecule has 9 nitrogen and oxygen atoms in total. The molecule has 11 heteroatoms. The number of carbonyl (C=O) groups is 1. The summed E-state index contributed by atoms with van der Waals surface area (Å²) in [5.74, 6) is 0.0547. The average molecular weight is 300 g/mol. The second kappa shape index (κ2) is 7.03. The second-order valence-corrected chi connectivity index (χ2v) is 4.40. The molecule has 1 amide bonds. The maximum atomic E-state index is 11.0. The molecule has 100 valence electrons. The summed E-state index contributed by atoms with van der Waals surface area (Å²) < 4.78 is 41.1. The fourth-order valence-electron chi connectivity index (χ4n) is 1.15. The average Bonchev–Trinajstić information content (AvgIpc) is 2.82. The number of cyclic esters (lactones) is 1. The van der Waals surface area contributed by atoms with Crippen molar-refractivity contribution < 1.29 is 62.0 Å². The van der Waals surface area contributed by atoms with Gasteiger partial charge in [0.05, 0.1) is 12.8 Å². The van der Waals surface area contributed by atoms with Gasteiger partial charge in [0.25, 0.3) is 0 Å². The zero-order valence-corrected chi connectivity index (χ0v) is 12.7. The van der Waals surface area contributed by atoms with Crippen molar-refractivity contribution in [2.75, 3.05) is 13.2 Å². The molecule has 0 atom stereocenters. The summed E-state index contributed by atoms with van der Waals surface area (Å²) in [5.41, 5.74) is 0. The van der Waals surface area contributed by atoms with E-state index >= 15 is 0 Å². The summed E-state index contributed by atoms with van der Waals surface area (Å²) in [6, 6.07) is 2.28. The first-order valence-electron chi connectivity index (χ1n) is 4.51. The molecule has 1 saturated heterocycles. The maximum absolute atomic E-state index is 11.0. The molecule has 1 aliphatic rings. The molecule has 2 N–H and O–H groups in total. The van der Waals surface area contributed by atoms with E-state index in [2.05, 4.69) is 9.84 Å². The molecule has 0 radical (unpaired) electrons. The van der Waals surface area contributed by atoms with E-state index in [-0.39, 0.29) is 47.4 Å². The predicted octanol–water partition coefficient (Wildman–Crippen LogP) is -3.85. The molecular formula is C8H9N2NaO7S. The minimum Gasteiger partial charge on any atom is -0.742 e. The molecule has 0 aliphatic carbocycles. The van der Waals surface area contributed by atoms with Crippen molar-refractivity contribution in [3.63, 3.8) is 0 Å². The third-order valence-corrected chi connectivity index (χ3v) is 2.62. The fraction of sp³-hybridized carbons (Fsp3) is 0.250. The largest absolute Gasteiger partial charge is 1.00 e. The molecule has 1 aromatic heterocycles. The summed E-state index contributed by atoms with van der Waals surface area (Å²) in [5, 5.41) is 4.07. The molecule has 19 heavy (non-hydrogen) atoms. The standard InChI is InChI=1S/C8H8N2O6S.Na.H2O/c11-8-10(3-4-15-8)9-5-6-1-2-7(16-6)17(12,13)14;;/h1-2,5H,3-4H2,(H,12,13,14);;1H2/q;+1;/p-1/b9-5+;;. The Morgan fingerprint density at radius 1 is 1.42 bits per heavy atom. The van der Waals surface area contributed by atoms with Crippen molar-refractivity contribution in [1.29, 1.82) is 0 Å². The molecule has 0 saturated carbocycles. The Morgan fingerprint density at radius 2 is 2.11 bits per heavy atom. The van der Waals surface area contributed by atoms with E-state index in [1.54, 1.807) is 0 Å². The molecule has 2 rings (SSSR count). The Labute approximate surface area is 130 Å². The smallest absolute Gasteiger partial charge is 0.742 e. The molecule has 0 spiro atoms. The molecule has 0 aromatic carbocycles. The summed E-state index contributed by atoms with van der Waals surface area (Å²) in [7, 11) is -4.61. The number of ether oxygens (including phenoxy) is 1. The van der Waals surface area contributed by atoms with Crippen LogP contribution in [0.1, 0.15) is 5.76 Å². The van der Waals surface area contributed by atoms with Gasteiger partial charge < -0.3 is 19.2 Å². The first kappa shape index (κ1) is 18.1. The van der Waals surface area contributed by atoms with Crippen molar-refractivity contribution >= 4 is 22.4 Å². The van der Waals surface area contributed by atoms with Crippen LogP contribution in [-0.2, 0) is 14.9 Å². The molecule has 1 aliphatic heterocycles. The minimum absolute atomic E-state index is 0. The van der Waals surface area contributed by atoms with Crippen molar-refractivity contribution in [2.24, 2.45) is 5.10 Å². The number of hydrazone groups is 1. The van der Waals surface area contributed by atoms with Crippen molar-refractivity contribution in [1.82, 2.24) is 5.01 Å². The van der Waals surface area contributed by atoms with Gasteiger partial charge in [-0.15, -0.1) is 0 Å². The van der Waals surface area contributed by atoms with E-state index < -0.39 is 21.3 Å². The van der Waals surface area contributed by atoms with Gasteiger partial charge in [-0.2, -0.15) is 10.1 Å². The van der Waals surface area contributed by atoms with Crippen LogP contribution in [0.15, 0.2) is 26.7 Å². The fourth-order valence-corrected chi connectivity index (χ4v) is 1.59. The summed E-state index contributed by atoms with van der Waals surface area (Å²) in [4.78, 5) is 11.0. The molecule has 1 aromatic rings. The van der Waals surface area contributed by atoms with E-state index in [1.807, 2.05) is 0 Å². The molecule has 0 bridgehead atoms. The zero-order valence-electron chi connectivity index (χ0n) is 9.90. The third kappa shape index (κ3) is 4.60. The first-order valence-corrected chi connectivity index (χ1v) is 5.91. The van der Waals surface area contributed by atoms with Gasteiger partial charge in [-0.25, -0.2) is 13.2 Å². The van der Waals surface area contributed by atoms with Gasteiger partial charge in [-0.05, 0) is 12.1 Å². The minimum atomic E-state index is -4.61. The van der Waals surface area contributed by atoms with E-state index in [1.165, 1.54) is 6.07 Å². The third-order valence-electron chi connectivity index (χ3n) is 1.91. The van der Waals surface area contributed by atoms with Gasteiger partial charge >= 0.3 is 35.7 Å². The van der Waals surface area contributed by atoms with Crippen molar-refractivity contribution in [3.05, 3.63) is 17.9 Å². The SMILES string of the molecule is O.O=C1OCCN1/N=C/c1ccc(S(=O)(=O)[O-])o1.[Na+]. The zero-order chi connectivity index (χ0) is 12.5. The first-order chi connectivity index (χ1) is 7.97. The summed E-state index contributed by atoms with van der Waals surface area (Å²) in [6.07, 6.45) is 0.533. The van der Waals surface area contributed by atoms with Crippen molar-refractivity contribution in [2.45, 2.75) is 5.09 Å². The summed E-state index contributed by atoms with van der Waals surface area (Å²) >= 11 is 0. The second-order valence-electron chi connectivity index (χ2n) is 3.09. The number of amides is 1. The van der Waals surface area contributed by atoms with Crippen LogP contribution in [0.2, 0.25) is 0 Å². The predicted molar refractivity (Wildman–Crippen MR) is 55.9 cm³/mol. The number of nitrogens with zero attached hydrogens (tertiary/aromatic N) is 2. The van der Waals surface area contributed by atoms with Gasteiger partial charge in [-0.3, -0.25) is 0 Å². The maximum Gasteiger partial charge on any atom is 1.00 e. The number of rotatable bonds is 3. The van der Waals surface area contributed by atoms with E-state index in [9.17, 15) is 17.8 Å². The van der Waals surface area contributed by atoms with Crippen LogP contribution >= 0.6 is 0 Å². The normalized spacial score (nSPS) is 15.0. The Bertz CT molecular complexity index is 567. The van der Waals surface area contributed by atoms with Gasteiger partial charge in [-0.1, -0.05) is 0 Å². The molecular weight excluding hydrogens is 291 g/mol. The van der Waals surface area contributed by atoms with Crippen LogP contribution in [0.4, 0.5) is 4.79 Å². The number of carbonyl (C=O) groups excluding carboxylic acids is 1. The van der Waals surface area contributed by atoms with Crippen molar-refractivity contribution in [3.8, 4) is 0 Å². The number of hydrogen-bond donors (Lipinski definition) is 0. The monoisotopic (exact) mass is 300 g/mol. The Balaban J connectivity index is 0.00000162. The van der Waals surface area contributed by atoms with Gasteiger partial charge in [0.1, 0.15) is 12.4 Å². The van der Waals surface area contributed by atoms with Crippen LogP contribution in [0, 0.1) is 0 Å². The number of furan rings is 1. The molecule has 0 unspecified atom stereocenters. The van der Waals surface area contributed by atoms with Gasteiger partial charge in [0.2, 0.25) is 5.09 Å². The summed E-state index contributed by atoms with van der Waals surface area (Å²) in [6.45, 7) is 0.553. The Kier molecular flexibility index (Phi) is 6.69. The van der Waals surface area contributed by atoms with Crippen LogP contribution in [0.5, 0.6) is 0 Å². The molecule has 2 heterocycles. The van der Waals surface area contributed by atoms with E-state index in [0.29, 0.717) is 6.54 Å². The van der Waals surface area contributed by atoms with E-state index in [0.717, 1.165) is 17.3 Å². The number of hydrogen-bond acceptors (Lipinski definition) is 7. The molecule has 1 fully saturated rings. The van der Waals surface area contributed by atoms with Crippen LogP contribution in [0.3, 0.4) is 0 Å². The van der Waals surface area contributed by atoms with E-state index in [4.69, 9.17) is 4.42 Å². The quantitative estimate of drug-likeness (QED) is 0.317. The Morgan fingerprint density at radius 3 is 2.58 bits per heavy atom. The van der Waals surface area contributed by atoms with Crippen LogP contribution in [0.25, 0.3) is 0 Å². The Hall–Kier alpha value is -0.910. The van der Waals surface area contributed by atoms with Crippen LogP contribution < -0.4 is 29.6 Å².